The molecule has 2 atom stereocenters. The van der Waals surface area contributed by atoms with Gasteiger partial charge in [0.2, 0.25) is 0 Å². The number of hydrogen-bond acceptors (Lipinski definition) is 3. The smallest absolute Gasteiger partial charge is 0.420 e. The number of benzene rings is 2. The second-order valence-corrected chi connectivity index (χ2v) is 11.4. The fourth-order valence-corrected chi connectivity index (χ4v) is 6.94. The monoisotopic (exact) mass is 557 g/mol. The van der Waals surface area contributed by atoms with Gasteiger partial charge >= 0.3 is 18.3 Å². The zero-order valence-corrected chi connectivity index (χ0v) is 21.5. The lowest BCUT2D eigenvalue weighted by Crippen LogP contribution is -2.49. The molecule has 4 nitrogen and oxygen atoms in total. The SMILES string of the molecule is O=C(O)C1CC2CCCCC(C1)N2Cc1cccc2ccc(O[C@H]3CC[C@@H](C(F)(F)F)CC3)c(C(F)(F)F)c12. The number of rotatable bonds is 5. The van der Waals surface area contributed by atoms with Gasteiger partial charge in [-0.05, 0) is 68.4 Å². The van der Waals surface area contributed by atoms with Crippen molar-refractivity contribution in [2.45, 2.75) is 101 Å². The highest BCUT2D eigenvalue weighted by Gasteiger charge is 2.44. The standard InChI is InChI=1S/C29H33F6NO3/c30-28(31,32)20-9-11-23(12-10-20)39-24-13-8-17-4-3-5-18(25(17)26(24)29(33,34)35)16-36-21-6-1-2-7-22(36)15-19(14-21)27(37)38/h3-5,8,13,19-23H,1-2,6-7,9-12,14-16H2,(H,37,38)/t19?,20-,21?,22?,23+. The number of ether oxygens (including phenoxy) is 1. The second-order valence-electron chi connectivity index (χ2n) is 11.4. The molecule has 5 rings (SSSR count). The Labute approximate surface area is 223 Å². The number of alkyl halides is 6. The predicted molar refractivity (Wildman–Crippen MR) is 133 cm³/mol. The van der Waals surface area contributed by atoms with Crippen LogP contribution < -0.4 is 4.74 Å². The van der Waals surface area contributed by atoms with Crippen molar-refractivity contribution in [1.82, 2.24) is 4.90 Å². The van der Waals surface area contributed by atoms with E-state index in [-0.39, 0.29) is 55.4 Å². The van der Waals surface area contributed by atoms with E-state index in [1.807, 2.05) is 0 Å². The number of carboxylic acids is 1. The number of carbonyl (C=O) groups is 1. The van der Waals surface area contributed by atoms with Gasteiger partial charge in [0.05, 0.1) is 17.9 Å². The molecule has 1 aliphatic carbocycles. The molecule has 2 unspecified atom stereocenters. The molecule has 0 aromatic heterocycles. The van der Waals surface area contributed by atoms with Gasteiger partial charge in [-0.1, -0.05) is 37.1 Å². The van der Waals surface area contributed by atoms with E-state index >= 15 is 0 Å². The molecule has 2 aromatic rings. The van der Waals surface area contributed by atoms with Crippen LogP contribution in [0, 0.1) is 11.8 Å². The topological polar surface area (TPSA) is 49.8 Å². The Hall–Kier alpha value is -2.49. The number of hydrogen-bond donors (Lipinski definition) is 1. The van der Waals surface area contributed by atoms with Crippen molar-refractivity contribution in [3.63, 3.8) is 0 Å². The molecule has 3 fully saturated rings. The molecule has 0 amide bonds. The minimum atomic E-state index is -4.74. The van der Waals surface area contributed by atoms with Crippen LogP contribution in [0.1, 0.15) is 75.3 Å². The molecule has 1 N–H and O–H groups in total. The van der Waals surface area contributed by atoms with E-state index in [1.54, 1.807) is 24.3 Å². The number of halogens is 6. The Morgan fingerprint density at radius 1 is 0.897 bits per heavy atom. The molecule has 39 heavy (non-hydrogen) atoms. The molecule has 1 saturated carbocycles. The van der Waals surface area contributed by atoms with Crippen LogP contribution in [0.25, 0.3) is 10.8 Å². The highest BCUT2D eigenvalue weighted by atomic mass is 19.4. The number of carboxylic acid groups (broad SMARTS) is 1. The van der Waals surface area contributed by atoms with Crippen LogP contribution in [0.2, 0.25) is 0 Å². The molecule has 0 radical (unpaired) electrons. The predicted octanol–water partition coefficient (Wildman–Crippen LogP) is 7.97. The van der Waals surface area contributed by atoms with Gasteiger partial charge in [-0.25, -0.2) is 0 Å². The average molecular weight is 558 g/mol. The third-order valence-corrected chi connectivity index (χ3v) is 8.89. The Kier molecular flexibility index (Phi) is 7.79. The number of fused-ring (bicyclic) bond motifs is 3. The van der Waals surface area contributed by atoms with Gasteiger partial charge in [0.15, 0.2) is 0 Å². The van der Waals surface area contributed by atoms with E-state index in [0.717, 1.165) is 25.7 Å². The van der Waals surface area contributed by atoms with Crippen molar-refractivity contribution in [2.24, 2.45) is 11.8 Å². The van der Waals surface area contributed by atoms with Crippen molar-refractivity contribution < 1.29 is 41.0 Å². The van der Waals surface area contributed by atoms with Gasteiger partial charge in [-0.3, -0.25) is 9.69 Å². The van der Waals surface area contributed by atoms with E-state index in [4.69, 9.17) is 4.74 Å². The largest absolute Gasteiger partial charge is 0.490 e. The van der Waals surface area contributed by atoms with Gasteiger partial charge in [-0.2, -0.15) is 26.3 Å². The summed E-state index contributed by atoms with van der Waals surface area (Å²) in [6, 6.07) is 7.86. The van der Waals surface area contributed by atoms with E-state index in [0.29, 0.717) is 23.8 Å². The third-order valence-electron chi connectivity index (χ3n) is 8.89. The highest BCUT2D eigenvalue weighted by Crippen LogP contribution is 2.46. The van der Waals surface area contributed by atoms with Gasteiger partial charge in [0.25, 0.3) is 0 Å². The molecule has 2 saturated heterocycles. The minimum Gasteiger partial charge on any atom is -0.490 e. The van der Waals surface area contributed by atoms with Crippen molar-refractivity contribution in [2.75, 3.05) is 0 Å². The maximum atomic E-state index is 14.6. The molecular weight excluding hydrogens is 524 g/mol. The van der Waals surface area contributed by atoms with Crippen LogP contribution in [0.5, 0.6) is 5.75 Å². The summed E-state index contributed by atoms with van der Waals surface area (Å²) >= 11 is 0. The number of nitrogens with zero attached hydrogens (tertiary/aromatic N) is 1. The van der Waals surface area contributed by atoms with Crippen molar-refractivity contribution in [3.8, 4) is 5.75 Å². The second kappa shape index (κ2) is 10.8. The van der Waals surface area contributed by atoms with E-state index in [9.17, 15) is 36.2 Å². The van der Waals surface area contributed by atoms with Crippen molar-refractivity contribution in [1.29, 1.82) is 0 Å². The van der Waals surface area contributed by atoms with Crippen LogP contribution in [0.15, 0.2) is 30.3 Å². The fourth-order valence-electron chi connectivity index (χ4n) is 6.94. The molecule has 2 aliphatic heterocycles. The first-order valence-electron chi connectivity index (χ1n) is 13.8. The fraction of sp³-hybridized carbons (Fsp3) is 0.621. The molecule has 10 heteroatoms. The molecule has 2 heterocycles. The quantitative estimate of drug-likeness (QED) is 0.379. The molecule has 2 bridgehead atoms. The lowest BCUT2D eigenvalue weighted by atomic mass is 9.84. The summed E-state index contributed by atoms with van der Waals surface area (Å²) in [6.45, 7) is 0.266. The first-order valence-corrected chi connectivity index (χ1v) is 13.8. The summed E-state index contributed by atoms with van der Waals surface area (Å²) in [5.74, 6) is -3.06. The Bertz CT molecular complexity index is 1170. The third kappa shape index (κ3) is 6.00. The van der Waals surface area contributed by atoms with Crippen molar-refractivity contribution >= 4 is 16.7 Å². The summed E-state index contributed by atoms with van der Waals surface area (Å²) in [5.41, 5.74) is -0.395. The van der Waals surface area contributed by atoms with E-state index in [2.05, 4.69) is 4.90 Å². The zero-order valence-electron chi connectivity index (χ0n) is 21.5. The van der Waals surface area contributed by atoms with Gasteiger partial charge in [0, 0.05) is 24.0 Å². The molecule has 2 aromatic carbocycles. The summed E-state index contributed by atoms with van der Waals surface area (Å²) < 4.78 is 88.9. The maximum Gasteiger partial charge on any atom is 0.420 e. The highest BCUT2D eigenvalue weighted by molar-refractivity contribution is 5.91. The summed E-state index contributed by atoms with van der Waals surface area (Å²) in [6.07, 6.45) is -5.49. The summed E-state index contributed by atoms with van der Waals surface area (Å²) in [4.78, 5) is 13.9. The molecule has 214 valence electrons. The van der Waals surface area contributed by atoms with Crippen LogP contribution in [0.3, 0.4) is 0 Å². The first kappa shape index (κ1) is 28.1. The summed E-state index contributed by atoms with van der Waals surface area (Å²) in [5, 5.41) is 10.1. The zero-order chi connectivity index (χ0) is 27.9. The Morgan fingerprint density at radius 3 is 2.10 bits per heavy atom. The Morgan fingerprint density at radius 2 is 1.54 bits per heavy atom. The normalized spacial score (nSPS) is 28.7. The summed E-state index contributed by atoms with van der Waals surface area (Å²) in [7, 11) is 0. The number of piperidine rings is 1. The van der Waals surface area contributed by atoms with Gasteiger partial charge in [-0.15, -0.1) is 0 Å². The van der Waals surface area contributed by atoms with E-state index in [1.165, 1.54) is 6.07 Å². The van der Waals surface area contributed by atoms with Crippen LogP contribution in [0.4, 0.5) is 26.3 Å². The van der Waals surface area contributed by atoms with Crippen molar-refractivity contribution in [3.05, 3.63) is 41.5 Å². The average Bonchev–Trinajstić information content (AvgIpc) is 2.97. The molecule has 0 spiro atoms. The lowest BCUT2D eigenvalue weighted by molar-refractivity contribution is -0.185. The lowest BCUT2D eigenvalue weighted by Gasteiger charge is -2.43. The van der Waals surface area contributed by atoms with Crippen LogP contribution >= 0.6 is 0 Å². The Balaban J connectivity index is 1.47. The van der Waals surface area contributed by atoms with Crippen LogP contribution in [-0.2, 0) is 17.5 Å². The molecular formula is C29H33F6NO3. The molecule has 3 aliphatic rings. The number of aliphatic carboxylic acids is 1. The van der Waals surface area contributed by atoms with Crippen LogP contribution in [-0.4, -0.2) is 40.3 Å². The minimum absolute atomic E-state index is 0.0137. The first-order chi connectivity index (χ1) is 18.4. The van der Waals surface area contributed by atoms with E-state index < -0.39 is 41.8 Å². The van der Waals surface area contributed by atoms with Gasteiger partial charge < -0.3 is 9.84 Å². The maximum absolute atomic E-state index is 14.6. The van der Waals surface area contributed by atoms with Gasteiger partial charge in [0.1, 0.15) is 11.3 Å².